The molecule has 0 aliphatic heterocycles. The summed E-state index contributed by atoms with van der Waals surface area (Å²) in [5, 5.41) is 4.20. The van der Waals surface area contributed by atoms with Crippen LogP contribution in [0.3, 0.4) is 0 Å². The molecule has 2 heterocycles. The Morgan fingerprint density at radius 1 is 1.24 bits per heavy atom. The third-order valence-electron chi connectivity index (χ3n) is 3.40. The molecule has 0 fully saturated rings. The molecule has 0 atom stereocenters. The third kappa shape index (κ3) is 2.90. The molecule has 3 rings (SSSR count). The number of pyridine rings is 1. The second-order valence-electron chi connectivity index (χ2n) is 4.94. The van der Waals surface area contributed by atoms with E-state index in [-0.39, 0.29) is 0 Å². The van der Waals surface area contributed by atoms with Crippen LogP contribution in [0, 0.1) is 6.92 Å². The number of aryl methyl sites for hydroxylation is 1. The number of rotatable bonds is 5. The van der Waals surface area contributed by atoms with E-state index in [0.717, 1.165) is 40.3 Å². The number of nitrogens with zero attached hydrogens (tertiary/aromatic N) is 1. The zero-order valence-electron chi connectivity index (χ0n) is 12.2. The minimum absolute atomic E-state index is 0.403. The Kier molecular flexibility index (Phi) is 3.88. The SMILES string of the molecule is CNCc1cc(COc2cccc3cccnc23)oc1C. The standard InChI is InChI=1S/C17H18N2O2/c1-12-14(10-18-2)9-15(21-12)11-20-16-7-3-5-13-6-4-8-19-17(13)16/h3-9,18H,10-11H2,1-2H3. The number of fused-ring (bicyclic) bond motifs is 1. The van der Waals surface area contributed by atoms with Gasteiger partial charge in [-0.05, 0) is 32.2 Å². The van der Waals surface area contributed by atoms with Gasteiger partial charge in [0.15, 0.2) is 0 Å². The summed E-state index contributed by atoms with van der Waals surface area (Å²) in [6, 6.07) is 11.9. The van der Waals surface area contributed by atoms with Crippen LogP contribution in [0.15, 0.2) is 47.0 Å². The Bertz CT molecular complexity index is 744. The molecule has 108 valence electrons. The summed E-state index contributed by atoms with van der Waals surface area (Å²) < 4.78 is 11.6. The average molecular weight is 282 g/mol. The van der Waals surface area contributed by atoms with E-state index >= 15 is 0 Å². The molecule has 0 saturated heterocycles. The molecule has 0 spiro atoms. The number of aromatic nitrogens is 1. The number of para-hydroxylation sites is 1. The smallest absolute Gasteiger partial charge is 0.146 e. The number of benzene rings is 1. The maximum atomic E-state index is 5.88. The van der Waals surface area contributed by atoms with Gasteiger partial charge in [0, 0.05) is 23.7 Å². The topological polar surface area (TPSA) is 47.3 Å². The van der Waals surface area contributed by atoms with E-state index in [9.17, 15) is 0 Å². The summed E-state index contributed by atoms with van der Waals surface area (Å²) in [6.07, 6.45) is 1.78. The first-order valence-corrected chi connectivity index (χ1v) is 6.97. The number of hydrogen-bond donors (Lipinski definition) is 1. The molecular weight excluding hydrogens is 264 g/mol. The fourth-order valence-electron chi connectivity index (χ4n) is 2.37. The van der Waals surface area contributed by atoms with E-state index in [1.165, 1.54) is 0 Å². The van der Waals surface area contributed by atoms with Gasteiger partial charge in [-0.3, -0.25) is 4.98 Å². The van der Waals surface area contributed by atoms with Gasteiger partial charge in [-0.25, -0.2) is 0 Å². The molecule has 0 bridgehead atoms. The van der Waals surface area contributed by atoms with Gasteiger partial charge in [-0.1, -0.05) is 18.2 Å². The second-order valence-corrected chi connectivity index (χ2v) is 4.94. The molecule has 3 aromatic rings. The van der Waals surface area contributed by atoms with Crippen molar-refractivity contribution < 1.29 is 9.15 Å². The van der Waals surface area contributed by atoms with Crippen molar-refractivity contribution >= 4 is 10.9 Å². The lowest BCUT2D eigenvalue weighted by Gasteiger charge is -2.06. The van der Waals surface area contributed by atoms with Crippen molar-refractivity contribution in [2.75, 3.05) is 7.05 Å². The van der Waals surface area contributed by atoms with E-state index in [2.05, 4.69) is 10.3 Å². The minimum atomic E-state index is 0.403. The van der Waals surface area contributed by atoms with Gasteiger partial charge in [0.25, 0.3) is 0 Å². The second kappa shape index (κ2) is 5.97. The summed E-state index contributed by atoms with van der Waals surface area (Å²) in [5.41, 5.74) is 2.03. The van der Waals surface area contributed by atoms with Crippen molar-refractivity contribution in [1.29, 1.82) is 0 Å². The van der Waals surface area contributed by atoms with Gasteiger partial charge in [-0.15, -0.1) is 0 Å². The monoisotopic (exact) mass is 282 g/mol. The van der Waals surface area contributed by atoms with Gasteiger partial charge in [0.05, 0.1) is 0 Å². The summed E-state index contributed by atoms with van der Waals surface area (Å²) >= 11 is 0. The Morgan fingerprint density at radius 2 is 2.10 bits per heavy atom. The van der Waals surface area contributed by atoms with E-state index < -0.39 is 0 Å². The summed E-state index contributed by atoms with van der Waals surface area (Å²) in [6.45, 7) is 3.17. The van der Waals surface area contributed by atoms with Crippen LogP contribution in [0.4, 0.5) is 0 Å². The maximum Gasteiger partial charge on any atom is 0.146 e. The number of ether oxygens (including phenoxy) is 1. The van der Waals surface area contributed by atoms with Crippen LogP contribution >= 0.6 is 0 Å². The molecule has 0 aliphatic carbocycles. The molecule has 4 nitrogen and oxygen atoms in total. The third-order valence-corrected chi connectivity index (χ3v) is 3.40. The van der Waals surface area contributed by atoms with Crippen LogP contribution in [0.1, 0.15) is 17.1 Å². The average Bonchev–Trinajstić information content (AvgIpc) is 2.86. The maximum absolute atomic E-state index is 5.88. The van der Waals surface area contributed by atoms with Gasteiger partial charge >= 0.3 is 0 Å². The molecule has 0 radical (unpaired) electrons. The van der Waals surface area contributed by atoms with Crippen molar-refractivity contribution in [2.24, 2.45) is 0 Å². The molecule has 1 aromatic carbocycles. The van der Waals surface area contributed by atoms with Crippen molar-refractivity contribution in [2.45, 2.75) is 20.1 Å². The van der Waals surface area contributed by atoms with Crippen molar-refractivity contribution in [3.63, 3.8) is 0 Å². The lowest BCUT2D eigenvalue weighted by Crippen LogP contribution is -2.04. The Hall–Kier alpha value is -2.33. The van der Waals surface area contributed by atoms with Gasteiger partial charge in [-0.2, -0.15) is 0 Å². The normalized spacial score (nSPS) is 11.0. The highest BCUT2D eigenvalue weighted by molar-refractivity contribution is 5.84. The first-order valence-electron chi connectivity index (χ1n) is 6.97. The minimum Gasteiger partial charge on any atom is -0.483 e. The van der Waals surface area contributed by atoms with Gasteiger partial charge in [0.2, 0.25) is 0 Å². The molecule has 4 heteroatoms. The van der Waals surface area contributed by atoms with E-state index in [1.54, 1.807) is 6.20 Å². The van der Waals surface area contributed by atoms with Crippen LogP contribution in [0.2, 0.25) is 0 Å². The van der Waals surface area contributed by atoms with Gasteiger partial charge in [0.1, 0.15) is 29.4 Å². The van der Waals surface area contributed by atoms with Crippen LogP contribution in [-0.4, -0.2) is 12.0 Å². The summed E-state index contributed by atoms with van der Waals surface area (Å²) in [4.78, 5) is 4.38. The number of hydrogen-bond acceptors (Lipinski definition) is 4. The Morgan fingerprint density at radius 3 is 2.95 bits per heavy atom. The fourth-order valence-corrected chi connectivity index (χ4v) is 2.37. The summed E-state index contributed by atoms with van der Waals surface area (Å²) in [7, 11) is 1.92. The lowest BCUT2D eigenvalue weighted by atomic mass is 10.2. The zero-order valence-corrected chi connectivity index (χ0v) is 12.2. The Labute approximate surface area is 123 Å². The van der Waals surface area contributed by atoms with E-state index in [1.807, 2.05) is 50.4 Å². The first-order chi connectivity index (χ1) is 10.3. The zero-order chi connectivity index (χ0) is 14.7. The van der Waals surface area contributed by atoms with Crippen LogP contribution < -0.4 is 10.1 Å². The number of furan rings is 1. The summed E-state index contributed by atoms with van der Waals surface area (Å²) in [5.74, 6) is 2.53. The van der Waals surface area contributed by atoms with Crippen molar-refractivity contribution in [1.82, 2.24) is 10.3 Å². The molecule has 0 amide bonds. The first kappa shape index (κ1) is 13.6. The molecule has 21 heavy (non-hydrogen) atoms. The molecule has 0 aliphatic rings. The largest absolute Gasteiger partial charge is 0.483 e. The molecular formula is C17H18N2O2. The quantitative estimate of drug-likeness (QED) is 0.778. The molecule has 0 saturated carbocycles. The van der Waals surface area contributed by atoms with Crippen molar-refractivity contribution in [3.05, 3.63) is 59.7 Å². The van der Waals surface area contributed by atoms with Crippen LogP contribution in [0.5, 0.6) is 5.75 Å². The van der Waals surface area contributed by atoms with E-state index in [4.69, 9.17) is 9.15 Å². The predicted molar refractivity (Wildman–Crippen MR) is 82.3 cm³/mol. The molecule has 2 aromatic heterocycles. The highest BCUT2D eigenvalue weighted by atomic mass is 16.5. The van der Waals surface area contributed by atoms with Crippen LogP contribution in [0.25, 0.3) is 10.9 Å². The predicted octanol–water partition coefficient (Wildman–Crippen LogP) is 3.43. The van der Waals surface area contributed by atoms with Gasteiger partial charge < -0.3 is 14.5 Å². The Balaban J connectivity index is 1.79. The molecule has 1 N–H and O–H groups in total. The van der Waals surface area contributed by atoms with Crippen LogP contribution in [-0.2, 0) is 13.2 Å². The number of nitrogens with one attached hydrogen (secondary N) is 1. The highest BCUT2D eigenvalue weighted by Gasteiger charge is 2.08. The highest BCUT2D eigenvalue weighted by Crippen LogP contribution is 2.24. The molecule has 0 unspecified atom stereocenters. The fraction of sp³-hybridized carbons (Fsp3) is 0.235. The lowest BCUT2D eigenvalue weighted by molar-refractivity contribution is 0.270. The van der Waals surface area contributed by atoms with Crippen molar-refractivity contribution in [3.8, 4) is 5.75 Å². The van der Waals surface area contributed by atoms with E-state index in [0.29, 0.717) is 6.61 Å².